The van der Waals surface area contributed by atoms with Gasteiger partial charge in [-0.15, -0.1) is 0 Å². The third-order valence-electron chi connectivity index (χ3n) is 5.49. The van der Waals surface area contributed by atoms with Crippen molar-refractivity contribution in [2.75, 3.05) is 23.9 Å². The van der Waals surface area contributed by atoms with Crippen LogP contribution in [0.4, 0.5) is 15.8 Å². The number of nitrogens with one attached hydrogen (secondary N) is 1. The van der Waals surface area contributed by atoms with Crippen LogP contribution in [0.2, 0.25) is 0 Å². The summed E-state index contributed by atoms with van der Waals surface area (Å²) in [6, 6.07) is 21.2. The first-order valence-electron chi connectivity index (χ1n) is 11.1. The van der Waals surface area contributed by atoms with Crippen LogP contribution in [0.15, 0.2) is 95.7 Å². The fourth-order valence-corrected chi connectivity index (χ4v) is 3.78. The number of benzene rings is 3. The summed E-state index contributed by atoms with van der Waals surface area (Å²) in [6.45, 7) is 1.46. The lowest BCUT2D eigenvalue weighted by Gasteiger charge is -2.17. The van der Waals surface area contributed by atoms with E-state index in [1.807, 2.05) is 18.2 Å². The molecule has 0 spiro atoms. The van der Waals surface area contributed by atoms with Gasteiger partial charge >= 0.3 is 5.97 Å². The number of amides is 2. The minimum absolute atomic E-state index is 0.129. The molecular formula is C28H23FN2O5. The zero-order valence-electron chi connectivity index (χ0n) is 19.7. The first-order chi connectivity index (χ1) is 17.4. The van der Waals surface area contributed by atoms with E-state index in [-0.39, 0.29) is 23.7 Å². The molecule has 0 fully saturated rings. The van der Waals surface area contributed by atoms with Gasteiger partial charge in [0.25, 0.3) is 11.8 Å². The fraction of sp³-hybridized carbons (Fsp3) is 0.107. The van der Waals surface area contributed by atoms with E-state index in [0.717, 1.165) is 0 Å². The minimum atomic E-state index is -0.652. The number of nitrogens with zero attached hydrogens (tertiary/aromatic N) is 1. The largest absolute Gasteiger partial charge is 0.484 e. The van der Waals surface area contributed by atoms with Gasteiger partial charge in [-0.2, -0.15) is 0 Å². The Morgan fingerprint density at radius 3 is 2.28 bits per heavy atom. The number of carbonyl (C=O) groups is 3. The SMILES string of the molecule is COC(=O)C1=C(C)N(c2ccc(F)cc2)C(=O)/C1=C\c1ccc(OCC(=O)Nc2ccccc2)cc1. The van der Waals surface area contributed by atoms with E-state index in [9.17, 15) is 18.8 Å². The summed E-state index contributed by atoms with van der Waals surface area (Å²) in [5.41, 5.74) is 2.41. The Bertz CT molecular complexity index is 1350. The summed E-state index contributed by atoms with van der Waals surface area (Å²) in [5, 5.41) is 2.74. The molecule has 1 aliphatic rings. The minimum Gasteiger partial charge on any atom is -0.484 e. The van der Waals surface area contributed by atoms with E-state index in [2.05, 4.69) is 5.32 Å². The number of allylic oxidation sites excluding steroid dienone is 1. The first kappa shape index (κ1) is 24.4. The number of anilines is 2. The fourth-order valence-electron chi connectivity index (χ4n) is 3.78. The highest BCUT2D eigenvalue weighted by Gasteiger charge is 2.37. The molecule has 0 unspecified atom stereocenters. The van der Waals surface area contributed by atoms with Crippen LogP contribution in [0.25, 0.3) is 6.08 Å². The maximum Gasteiger partial charge on any atom is 0.340 e. The van der Waals surface area contributed by atoms with Gasteiger partial charge in [0, 0.05) is 17.1 Å². The topological polar surface area (TPSA) is 84.9 Å². The third kappa shape index (κ3) is 5.33. The second-order valence-corrected chi connectivity index (χ2v) is 7.90. The smallest absolute Gasteiger partial charge is 0.340 e. The van der Waals surface area contributed by atoms with Crippen LogP contribution in [0.1, 0.15) is 12.5 Å². The lowest BCUT2D eigenvalue weighted by Crippen LogP contribution is -2.24. The molecule has 182 valence electrons. The van der Waals surface area contributed by atoms with Gasteiger partial charge < -0.3 is 14.8 Å². The molecule has 1 heterocycles. The Labute approximate surface area is 207 Å². The van der Waals surface area contributed by atoms with Gasteiger partial charge in [-0.3, -0.25) is 14.5 Å². The van der Waals surface area contributed by atoms with Crippen LogP contribution < -0.4 is 15.0 Å². The Balaban J connectivity index is 1.51. The van der Waals surface area contributed by atoms with Crippen molar-refractivity contribution in [3.05, 3.63) is 107 Å². The molecule has 7 nitrogen and oxygen atoms in total. The van der Waals surface area contributed by atoms with E-state index >= 15 is 0 Å². The summed E-state index contributed by atoms with van der Waals surface area (Å²) >= 11 is 0. The summed E-state index contributed by atoms with van der Waals surface area (Å²) < 4.78 is 23.8. The highest BCUT2D eigenvalue weighted by Crippen LogP contribution is 2.35. The van der Waals surface area contributed by atoms with Crippen molar-refractivity contribution >= 4 is 35.2 Å². The molecule has 4 rings (SSSR count). The number of hydrogen-bond donors (Lipinski definition) is 1. The van der Waals surface area contributed by atoms with Gasteiger partial charge in [0.15, 0.2) is 6.61 Å². The molecule has 0 aliphatic carbocycles. The van der Waals surface area contributed by atoms with Gasteiger partial charge in [-0.05, 0) is 67.1 Å². The molecule has 0 radical (unpaired) electrons. The van der Waals surface area contributed by atoms with Crippen molar-refractivity contribution in [3.63, 3.8) is 0 Å². The van der Waals surface area contributed by atoms with Gasteiger partial charge in [0.05, 0.1) is 18.3 Å². The maximum atomic E-state index is 13.4. The lowest BCUT2D eigenvalue weighted by atomic mass is 10.0. The summed E-state index contributed by atoms with van der Waals surface area (Å²) in [5.74, 6) is -1.35. The van der Waals surface area contributed by atoms with Crippen molar-refractivity contribution in [2.24, 2.45) is 0 Å². The van der Waals surface area contributed by atoms with Crippen LogP contribution >= 0.6 is 0 Å². The number of methoxy groups -OCH3 is 1. The molecule has 3 aromatic rings. The van der Waals surface area contributed by atoms with E-state index in [1.165, 1.54) is 36.3 Å². The second kappa shape index (κ2) is 10.7. The van der Waals surface area contributed by atoms with Crippen LogP contribution in [0.5, 0.6) is 5.75 Å². The number of ether oxygens (including phenoxy) is 2. The average Bonchev–Trinajstić information content (AvgIpc) is 3.13. The number of halogens is 1. The number of carbonyl (C=O) groups excluding carboxylic acids is 3. The van der Waals surface area contributed by atoms with E-state index < -0.39 is 17.7 Å². The molecule has 1 aliphatic heterocycles. The third-order valence-corrected chi connectivity index (χ3v) is 5.49. The molecule has 0 aromatic heterocycles. The summed E-state index contributed by atoms with van der Waals surface area (Å²) in [7, 11) is 1.24. The van der Waals surface area contributed by atoms with Crippen molar-refractivity contribution in [1.29, 1.82) is 0 Å². The predicted octanol–water partition coefficient (Wildman–Crippen LogP) is 4.72. The first-order valence-corrected chi connectivity index (χ1v) is 11.1. The van der Waals surface area contributed by atoms with E-state index in [1.54, 1.807) is 49.4 Å². The Kier molecular flexibility index (Phi) is 7.25. The van der Waals surface area contributed by atoms with Crippen LogP contribution in [0, 0.1) is 5.82 Å². The van der Waals surface area contributed by atoms with Crippen LogP contribution in [0.3, 0.4) is 0 Å². The van der Waals surface area contributed by atoms with Crippen molar-refractivity contribution in [2.45, 2.75) is 6.92 Å². The molecule has 0 saturated carbocycles. The molecule has 8 heteroatoms. The van der Waals surface area contributed by atoms with E-state index in [0.29, 0.717) is 28.4 Å². The second-order valence-electron chi connectivity index (χ2n) is 7.90. The number of para-hydroxylation sites is 1. The summed E-state index contributed by atoms with van der Waals surface area (Å²) in [4.78, 5) is 39.2. The average molecular weight is 486 g/mol. The van der Waals surface area contributed by atoms with Crippen LogP contribution in [-0.4, -0.2) is 31.5 Å². The highest BCUT2D eigenvalue weighted by atomic mass is 19.1. The molecule has 0 bridgehead atoms. The molecule has 0 atom stereocenters. The Hall–Kier alpha value is -4.72. The van der Waals surface area contributed by atoms with Gasteiger partial charge in [-0.25, -0.2) is 9.18 Å². The summed E-state index contributed by atoms with van der Waals surface area (Å²) in [6.07, 6.45) is 1.58. The van der Waals surface area contributed by atoms with Gasteiger partial charge in [-0.1, -0.05) is 30.3 Å². The van der Waals surface area contributed by atoms with Crippen LogP contribution in [-0.2, 0) is 19.1 Å². The molecule has 1 N–H and O–H groups in total. The lowest BCUT2D eigenvalue weighted by molar-refractivity contribution is -0.136. The molecule has 36 heavy (non-hydrogen) atoms. The van der Waals surface area contributed by atoms with Crippen molar-refractivity contribution in [1.82, 2.24) is 0 Å². The number of esters is 1. The van der Waals surface area contributed by atoms with E-state index in [4.69, 9.17) is 9.47 Å². The van der Waals surface area contributed by atoms with Crippen molar-refractivity contribution < 1.29 is 28.2 Å². The molecular weight excluding hydrogens is 463 g/mol. The Morgan fingerprint density at radius 2 is 1.64 bits per heavy atom. The monoisotopic (exact) mass is 486 g/mol. The number of hydrogen-bond acceptors (Lipinski definition) is 5. The molecule has 0 saturated heterocycles. The zero-order valence-corrected chi connectivity index (χ0v) is 19.7. The maximum absolute atomic E-state index is 13.4. The predicted molar refractivity (Wildman–Crippen MR) is 134 cm³/mol. The quantitative estimate of drug-likeness (QED) is 0.386. The highest BCUT2D eigenvalue weighted by molar-refractivity contribution is 6.23. The number of rotatable bonds is 7. The normalized spacial score (nSPS) is 14.2. The van der Waals surface area contributed by atoms with Crippen molar-refractivity contribution in [3.8, 4) is 5.75 Å². The van der Waals surface area contributed by atoms with Gasteiger partial charge in [0.2, 0.25) is 0 Å². The standard InChI is InChI=1S/C28H23FN2O5/c1-18-26(28(34)35-2)24(27(33)31(18)22-12-10-20(29)11-13-22)16-19-8-14-23(15-9-19)36-17-25(32)30-21-6-4-3-5-7-21/h3-16H,17H2,1-2H3,(H,30,32)/b24-16-. The zero-order chi connectivity index (χ0) is 25.7. The van der Waals surface area contributed by atoms with Gasteiger partial charge in [0.1, 0.15) is 11.6 Å². The molecule has 2 amide bonds. The Morgan fingerprint density at radius 1 is 0.972 bits per heavy atom. The molecule has 3 aromatic carbocycles.